The van der Waals surface area contributed by atoms with Gasteiger partial charge in [0.05, 0.1) is 36.6 Å². The number of para-hydroxylation sites is 2. The molecule has 1 aliphatic heterocycles. The summed E-state index contributed by atoms with van der Waals surface area (Å²) < 4.78 is 12.8. The molecule has 0 saturated carbocycles. The Bertz CT molecular complexity index is 937. The van der Waals surface area contributed by atoms with Crippen molar-refractivity contribution in [2.24, 2.45) is 0 Å². The summed E-state index contributed by atoms with van der Waals surface area (Å²) in [6, 6.07) is 11.7. The van der Waals surface area contributed by atoms with E-state index in [1.807, 2.05) is 51.2 Å². The number of rotatable bonds is 6. The highest BCUT2D eigenvalue weighted by Crippen LogP contribution is 2.34. The zero-order valence-corrected chi connectivity index (χ0v) is 17.0. The standard InChI is InChI=1S/C19H20N4O3S2/c1-25-15-6-3-2-5-14(15)23-18(16-7-4-12-27-16)20-21-19(23)28-13-17(24)22-8-10-26-11-9-22/h2-7,12H,8-11,13H2,1H3. The van der Waals surface area contributed by atoms with Gasteiger partial charge in [-0.2, -0.15) is 0 Å². The van der Waals surface area contributed by atoms with E-state index in [0.717, 1.165) is 22.1 Å². The maximum atomic E-state index is 12.5. The summed E-state index contributed by atoms with van der Waals surface area (Å²) in [5.41, 5.74) is 0.847. The van der Waals surface area contributed by atoms with Crippen LogP contribution in [0.25, 0.3) is 16.4 Å². The summed E-state index contributed by atoms with van der Waals surface area (Å²) in [6.07, 6.45) is 0. The number of amides is 1. The molecule has 9 heteroatoms. The van der Waals surface area contributed by atoms with Gasteiger partial charge in [0.25, 0.3) is 0 Å². The lowest BCUT2D eigenvalue weighted by Gasteiger charge is -2.26. The van der Waals surface area contributed by atoms with Gasteiger partial charge in [-0.3, -0.25) is 9.36 Å². The number of benzene rings is 1. The molecule has 2 aromatic heterocycles. The molecule has 1 saturated heterocycles. The summed E-state index contributed by atoms with van der Waals surface area (Å²) in [5.74, 6) is 1.85. The number of hydrogen-bond donors (Lipinski definition) is 0. The quantitative estimate of drug-likeness (QED) is 0.576. The summed E-state index contributed by atoms with van der Waals surface area (Å²) in [4.78, 5) is 15.4. The first-order valence-electron chi connectivity index (χ1n) is 8.89. The normalized spacial score (nSPS) is 14.2. The number of ether oxygens (including phenoxy) is 2. The first kappa shape index (κ1) is 19.0. The number of thiophene rings is 1. The predicted octanol–water partition coefficient (Wildman–Crippen LogP) is 2.96. The molecule has 0 unspecified atom stereocenters. The van der Waals surface area contributed by atoms with Crippen LogP contribution < -0.4 is 4.74 Å². The first-order chi connectivity index (χ1) is 13.8. The number of morpholine rings is 1. The molecule has 0 spiro atoms. The topological polar surface area (TPSA) is 69.5 Å². The summed E-state index contributed by atoms with van der Waals surface area (Å²) in [5, 5.41) is 11.4. The molecule has 1 amide bonds. The Balaban J connectivity index is 1.65. The maximum Gasteiger partial charge on any atom is 0.233 e. The third kappa shape index (κ3) is 3.91. The average molecular weight is 417 g/mol. The molecule has 3 heterocycles. The molecule has 1 fully saturated rings. The van der Waals surface area contributed by atoms with Gasteiger partial charge >= 0.3 is 0 Å². The Hall–Kier alpha value is -2.36. The fraction of sp³-hybridized carbons (Fsp3) is 0.316. The Kier molecular flexibility index (Phi) is 5.94. The zero-order valence-electron chi connectivity index (χ0n) is 15.4. The molecule has 0 atom stereocenters. The minimum Gasteiger partial charge on any atom is -0.495 e. The van der Waals surface area contributed by atoms with Crippen LogP contribution in [0, 0.1) is 0 Å². The van der Waals surface area contributed by atoms with Gasteiger partial charge in [0.15, 0.2) is 11.0 Å². The number of thioether (sulfide) groups is 1. The van der Waals surface area contributed by atoms with Crippen LogP contribution in [-0.2, 0) is 9.53 Å². The van der Waals surface area contributed by atoms with Crippen LogP contribution in [0.3, 0.4) is 0 Å². The minimum atomic E-state index is 0.0838. The third-order valence-electron chi connectivity index (χ3n) is 4.39. The van der Waals surface area contributed by atoms with Gasteiger partial charge < -0.3 is 14.4 Å². The fourth-order valence-electron chi connectivity index (χ4n) is 2.99. The van der Waals surface area contributed by atoms with Crippen LogP contribution in [0.5, 0.6) is 5.75 Å². The van der Waals surface area contributed by atoms with Crippen LogP contribution in [0.1, 0.15) is 0 Å². The number of nitrogens with zero attached hydrogens (tertiary/aromatic N) is 4. The Morgan fingerprint density at radius 3 is 2.79 bits per heavy atom. The monoisotopic (exact) mass is 416 g/mol. The SMILES string of the molecule is COc1ccccc1-n1c(SCC(=O)N2CCOCC2)nnc1-c1cccs1. The van der Waals surface area contributed by atoms with Gasteiger partial charge in [0.2, 0.25) is 5.91 Å². The molecule has 146 valence electrons. The van der Waals surface area contributed by atoms with E-state index in [2.05, 4.69) is 10.2 Å². The molecule has 1 aliphatic rings. The van der Waals surface area contributed by atoms with Gasteiger partial charge in [0, 0.05) is 13.1 Å². The van der Waals surface area contributed by atoms with Crippen LogP contribution in [0.4, 0.5) is 0 Å². The molecule has 4 rings (SSSR count). The van der Waals surface area contributed by atoms with E-state index in [-0.39, 0.29) is 5.91 Å². The third-order valence-corrected chi connectivity index (χ3v) is 6.17. The highest BCUT2D eigenvalue weighted by Gasteiger charge is 2.22. The van der Waals surface area contributed by atoms with E-state index in [9.17, 15) is 4.79 Å². The molecule has 0 aliphatic carbocycles. The second-order valence-corrected chi connectivity index (χ2v) is 7.96. The number of aromatic nitrogens is 3. The van der Waals surface area contributed by atoms with Crippen LogP contribution in [0.15, 0.2) is 46.9 Å². The fourth-order valence-corrected chi connectivity index (χ4v) is 4.54. The molecule has 7 nitrogen and oxygen atoms in total. The largest absolute Gasteiger partial charge is 0.495 e. The van der Waals surface area contributed by atoms with Crippen molar-refractivity contribution < 1.29 is 14.3 Å². The van der Waals surface area contributed by atoms with Gasteiger partial charge in [-0.15, -0.1) is 21.5 Å². The molecule has 0 bridgehead atoms. The summed E-state index contributed by atoms with van der Waals surface area (Å²) >= 11 is 2.98. The maximum absolute atomic E-state index is 12.5. The lowest BCUT2D eigenvalue weighted by atomic mass is 10.3. The van der Waals surface area contributed by atoms with Gasteiger partial charge in [-0.1, -0.05) is 30.0 Å². The highest BCUT2D eigenvalue weighted by atomic mass is 32.2. The highest BCUT2D eigenvalue weighted by molar-refractivity contribution is 7.99. The lowest BCUT2D eigenvalue weighted by Crippen LogP contribution is -2.41. The second-order valence-electron chi connectivity index (χ2n) is 6.07. The molecule has 0 N–H and O–H groups in total. The van der Waals surface area contributed by atoms with Crippen LogP contribution in [0.2, 0.25) is 0 Å². The molecular weight excluding hydrogens is 396 g/mol. The molecule has 3 aromatic rings. The van der Waals surface area contributed by atoms with E-state index in [1.54, 1.807) is 18.4 Å². The van der Waals surface area contributed by atoms with E-state index in [0.29, 0.717) is 37.2 Å². The number of carbonyl (C=O) groups is 1. The van der Waals surface area contributed by atoms with Crippen molar-refractivity contribution in [3.63, 3.8) is 0 Å². The second kappa shape index (κ2) is 8.76. The molecule has 1 aromatic carbocycles. The van der Waals surface area contributed by atoms with E-state index in [1.165, 1.54) is 11.8 Å². The van der Waals surface area contributed by atoms with Crippen molar-refractivity contribution in [2.45, 2.75) is 5.16 Å². The van der Waals surface area contributed by atoms with Gasteiger partial charge in [-0.25, -0.2) is 0 Å². The van der Waals surface area contributed by atoms with E-state index in [4.69, 9.17) is 9.47 Å². The molecular formula is C19H20N4O3S2. The predicted molar refractivity (Wildman–Crippen MR) is 109 cm³/mol. The average Bonchev–Trinajstić information content (AvgIpc) is 3.42. The smallest absolute Gasteiger partial charge is 0.233 e. The van der Waals surface area contributed by atoms with Crippen molar-refractivity contribution in [3.05, 3.63) is 41.8 Å². The van der Waals surface area contributed by atoms with Crippen molar-refractivity contribution in [1.82, 2.24) is 19.7 Å². The molecule has 28 heavy (non-hydrogen) atoms. The Morgan fingerprint density at radius 1 is 1.21 bits per heavy atom. The summed E-state index contributed by atoms with van der Waals surface area (Å²) in [6.45, 7) is 2.46. The minimum absolute atomic E-state index is 0.0838. The van der Waals surface area contributed by atoms with E-state index < -0.39 is 0 Å². The first-order valence-corrected chi connectivity index (χ1v) is 10.8. The van der Waals surface area contributed by atoms with E-state index >= 15 is 0 Å². The van der Waals surface area contributed by atoms with Crippen molar-refractivity contribution in [3.8, 4) is 22.1 Å². The zero-order chi connectivity index (χ0) is 19.3. The Morgan fingerprint density at radius 2 is 2.04 bits per heavy atom. The summed E-state index contributed by atoms with van der Waals surface area (Å²) in [7, 11) is 1.64. The number of carbonyl (C=O) groups excluding carboxylic acids is 1. The van der Waals surface area contributed by atoms with Crippen molar-refractivity contribution in [1.29, 1.82) is 0 Å². The molecule has 0 radical (unpaired) electrons. The van der Waals surface area contributed by atoms with Gasteiger partial charge in [-0.05, 0) is 23.6 Å². The van der Waals surface area contributed by atoms with Crippen LogP contribution in [-0.4, -0.2) is 64.7 Å². The van der Waals surface area contributed by atoms with Crippen molar-refractivity contribution >= 4 is 29.0 Å². The number of hydrogen-bond acceptors (Lipinski definition) is 7. The van der Waals surface area contributed by atoms with Gasteiger partial charge in [0.1, 0.15) is 5.75 Å². The lowest BCUT2D eigenvalue weighted by molar-refractivity contribution is -0.132. The Labute approximate surface area is 171 Å². The van der Waals surface area contributed by atoms with Crippen molar-refractivity contribution in [2.75, 3.05) is 39.2 Å². The number of methoxy groups -OCH3 is 1. The van der Waals surface area contributed by atoms with Crippen LogP contribution >= 0.6 is 23.1 Å².